The van der Waals surface area contributed by atoms with E-state index >= 15 is 0 Å². The molecule has 0 aliphatic heterocycles. The Bertz CT molecular complexity index is 598. The van der Waals surface area contributed by atoms with E-state index in [1.807, 2.05) is 29.6 Å². The number of aromatic amines is 1. The van der Waals surface area contributed by atoms with Crippen molar-refractivity contribution in [2.24, 2.45) is 0 Å². The van der Waals surface area contributed by atoms with Gasteiger partial charge in [0.15, 0.2) is 0 Å². The number of thiophene rings is 1. The van der Waals surface area contributed by atoms with E-state index in [-0.39, 0.29) is 0 Å². The Hall–Kier alpha value is -1.32. The maximum absolute atomic E-state index is 5.97. The van der Waals surface area contributed by atoms with E-state index in [0.717, 1.165) is 26.5 Å². The fraction of sp³-hybridized carbons (Fsp3) is 0. The van der Waals surface area contributed by atoms with Gasteiger partial charge in [-0.2, -0.15) is 5.10 Å². The van der Waals surface area contributed by atoms with Crippen LogP contribution in [0.1, 0.15) is 0 Å². The van der Waals surface area contributed by atoms with E-state index < -0.39 is 0 Å². The number of H-pyrrole nitrogens is 1. The first-order valence-corrected chi connectivity index (χ1v) is 5.78. The molecule has 0 bridgehead atoms. The van der Waals surface area contributed by atoms with Crippen LogP contribution in [0.15, 0.2) is 35.7 Å². The summed E-state index contributed by atoms with van der Waals surface area (Å²) < 4.78 is 0. The SMILES string of the molecule is Clc1ccc2[nH]nc(-c3cccs3)c2c1. The molecule has 0 spiro atoms. The Labute approximate surface area is 95.5 Å². The van der Waals surface area contributed by atoms with Crippen LogP contribution in [-0.2, 0) is 0 Å². The van der Waals surface area contributed by atoms with Crippen molar-refractivity contribution in [1.29, 1.82) is 0 Å². The van der Waals surface area contributed by atoms with Gasteiger partial charge in [0.1, 0.15) is 5.69 Å². The summed E-state index contributed by atoms with van der Waals surface area (Å²) >= 11 is 7.65. The van der Waals surface area contributed by atoms with Crippen molar-refractivity contribution in [2.75, 3.05) is 0 Å². The van der Waals surface area contributed by atoms with E-state index in [9.17, 15) is 0 Å². The van der Waals surface area contributed by atoms with Crippen molar-refractivity contribution in [3.63, 3.8) is 0 Å². The number of nitrogens with one attached hydrogen (secondary N) is 1. The van der Waals surface area contributed by atoms with Crippen molar-refractivity contribution < 1.29 is 0 Å². The standard InChI is InChI=1S/C11H7ClN2S/c12-7-3-4-9-8(6-7)11(14-13-9)10-2-1-5-15-10/h1-6H,(H,13,14). The molecule has 0 aliphatic rings. The fourth-order valence-electron chi connectivity index (χ4n) is 1.59. The minimum atomic E-state index is 0.738. The first-order chi connectivity index (χ1) is 7.34. The lowest BCUT2D eigenvalue weighted by Gasteiger charge is -1.93. The molecule has 0 atom stereocenters. The Morgan fingerprint density at radius 2 is 2.20 bits per heavy atom. The van der Waals surface area contributed by atoms with Gasteiger partial charge in [-0.3, -0.25) is 5.10 Å². The predicted molar refractivity (Wildman–Crippen MR) is 64.4 cm³/mol. The summed E-state index contributed by atoms with van der Waals surface area (Å²) in [6.07, 6.45) is 0. The zero-order chi connectivity index (χ0) is 10.3. The van der Waals surface area contributed by atoms with Crippen LogP contribution in [0.25, 0.3) is 21.5 Å². The molecule has 2 heterocycles. The van der Waals surface area contributed by atoms with Crippen LogP contribution in [0, 0.1) is 0 Å². The molecule has 15 heavy (non-hydrogen) atoms. The average Bonchev–Trinajstić information content (AvgIpc) is 2.83. The summed E-state index contributed by atoms with van der Waals surface area (Å²) in [5, 5.41) is 11.2. The Morgan fingerprint density at radius 3 is 3.00 bits per heavy atom. The molecule has 1 N–H and O–H groups in total. The van der Waals surface area contributed by atoms with Gasteiger partial charge in [0.05, 0.1) is 10.4 Å². The number of aromatic nitrogens is 2. The first kappa shape index (κ1) is 8.95. The molecule has 3 rings (SSSR count). The van der Waals surface area contributed by atoms with Crippen LogP contribution in [0.5, 0.6) is 0 Å². The number of halogens is 1. The molecule has 0 saturated heterocycles. The third kappa shape index (κ3) is 1.44. The lowest BCUT2D eigenvalue weighted by atomic mass is 10.2. The smallest absolute Gasteiger partial charge is 0.110 e. The molecule has 0 aliphatic carbocycles. The molecule has 0 unspecified atom stereocenters. The van der Waals surface area contributed by atoms with Gasteiger partial charge in [0, 0.05) is 10.4 Å². The number of hydrogen-bond donors (Lipinski definition) is 1. The molecule has 0 fully saturated rings. The summed E-state index contributed by atoms with van der Waals surface area (Å²) in [6, 6.07) is 9.82. The zero-order valence-corrected chi connectivity index (χ0v) is 9.27. The van der Waals surface area contributed by atoms with E-state index in [0.29, 0.717) is 0 Å². The number of rotatable bonds is 1. The Morgan fingerprint density at radius 1 is 1.27 bits per heavy atom. The molecule has 1 aromatic carbocycles. The third-order valence-corrected chi connectivity index (χ3v) is 3.39. The molecule has 3 aromatic rings. The topological polar surface area (TPSA) is 28.7 Å². The summed E-state index contributed by atoms with van der Waals surface area (Å²) in [5.74, 6) is 0. The third-order valence-electron chi connectivity index (χ3n) is 2.28. The minimum Gasteiger partial charge on any atom is -0.277 e. The van der Waals surface area contributed by atoms with E-state index in [1.54, 1.807) is 11.3 Å². The van der Waals surface area contributed by atoms with Crippen molar-refractivity contribution >= 4 is 33.8 Å². The Balaban J connectivity index is 2.32. The monoisotopic (exact) mass is 234 g/mol. The number of hydrogen-bond acceptors (Lipinski definition) is 2. The molecular formula is C11H7ClN2S. The molecular weight excluding hydrogens is 228 g/mol. The van der Waals surface area contributed by atoms with Gasteiger partial charge in [-0.05, 0) is 29.6 Å². The quantitative estimate of drug-likeness (QED) is 0.679. The van der Waals surface area contributed by atoms with Gasteiger partial charge >= 0.3 is 0 Å². The van der Waals surface area contributed by atoms with E-state index in [4.69, 9.17) is 11.6 Å². The van der Waals surface area contributed by atoms with Gasteiger partial charge in [-0.1, -0.05) is 17.7 Å². The summed E-state index contributed by atoms with van der Waals surface area (Å²) in [5.41, 5.74) is 1.99. The summed E-state index contributed by atoms with van der Waals surface area (Å²) in [6.45, 7) is 0. The molecule has 2 aromatic heterocycles. The van der Waals surface area contributed by atoms with Gasteiger partial charge in [-0.25, -0.2) is 0 Å². The molecule has 0 amide bonds. The lowest BCUT2D eigenvalue weighted by Crippen LogP contribution is -1.72. The molecule has 0 saturated carbocycles. The molecule has 74 valence electrons. The summed E-state index contributed by atoms with van der Waals surface area (Å²) in [4.78, 5) is 1.16. The summed E-state index contributed by atoms with van der Waals surface area (Å²) in [7, 11) is 0. The van der Waals surface area contributed by atoms with Crippen molar-refractivity contribution in [3.05, 3.63) is 40.7 Å². The van der Waals surface area contributed by atoms with Crippen LogP contribution in [-0.4, -0.2) is 10.2 Å². The molecule has 2 nitrogen and oxygen atoms in total. The first-order valence-electron chi connectivity index (χ1n) is 4.52. The second-order valence-corrected chi connectivity index (χ2v) is 4.62. The van der Waals surface area contributed by atoms with Crippen LogP contribution in [0.2, 0.25) is 5.02 Å². The van der Waals surface area contributed by atoms with Gasteiger partial charge in [-0.15, -0.1) is 11.3 Å². The number of benzene rings is 1. The second kappa shape index (κ2) is 3.36. The van der Waals surface area contributed by atoms with Gasteiger partial charge in [0.25, 0.3) is 0 Å². The van der Waals surface area contributed by atoms with Crippen LogP contribution < -0.4 is 0 Å². The largest absolute Gasteiger partial charge is 0.277 e. The van der Waals surface area contributed by atoms with Crippen LogP contribution in [0.4, 0.5) is 0 Å². The van der Waals surface area contributed by atoms with Crippen molar-refractivity contribution in [1.82, 2.24) is 10.2 Å². The van der Waals surface area contributed by atoms with Gasteiger partial charge in [0.2, 0.25) is 0 Å². The molecule has 0 radical (unpaired) electrons. The maximum atomic E-state index is 5.97. The van der Waals surface area contributed by atoms with E-state index in [1.165, 1.54) is 0 Å². The zero-order valence-electron chi connectivity index (χ0n) is 7.70. The highest BCUT2D eigenvalue weighted by atomic mass is 35.5. The molecule has 4 heteroatoms. The highest BCUT2D eigenvalue weighted by Gasteiger charge is 2.08. The second-order valence-electron chi connectivity index (χ2n) is 3.24. The number of nitrogens with zero attached hydrogens (tertiary/aromatic N) is 1. The minimum absolute atomic E-state index is 0.738. The highest BCUT2D eigenvalue weighted by Crippen LogP contribution is 2.30. The highest BCUT2D eigenvalue weighted by molar-refractivity contribution is 7.13. The number of fused-ring (bicyclic) bond motifs is 1. The van der Waals surface area contributed by atoms with Gasteiger partial charge < -0.3 is 0 Å². The van der Waals surface area contributed by atoms with Crippen LogP contribution >= 0.6 is 22.9 Å². The lowest BCUT2D eigenvalue weighted by molar-refractivity contribution is 1.13. The normalized spacial score (nSPS) is 11.0. The average molecular weight is 235 g/mol. The Kier molecular flexibility index (Phi) is 2.01. The van der Waals surface area contributed by atoms with Crippen LogP contribution in [0.3, 0.4) is 0 Å². The predicted octanol–water partition coefficient (Wildman–Crippen LogP) is 3.94. The van der Waals surface area contributed by atoms with Crippen molar-refractivity contribution in [3.8, 4) is 10.6 Å². The maximum Gasteiger partial charge on any atom is 0.110 e. The fourth-order valence-corrected chi connectivity index (χ4v) is 2.49. The van der Waals surface area contributed by atoms with Crippen molar-refractivity contribution in [2.45, 2.75) is 0 Å². The van der Waals surface area contributed by atoms with E-state index in [2.05, 4.69) is 16.3 Å².